The SMILES string of the molecule is COc1ccc(CN2CCN(C(C)C(=O)N3CCOCC3)CC2)nn1. The topological polar surface area (TPSA) is 71.0 Å². The summed E-state index contributed by atoms with van der Waals surface area (Å²) in [4.78, 5) is 19.2. The van der Waals surface area contributed by atoms with Gasteiger partial charge in [-0.2, -0.15) is 5.10 Å². The van der Waals surface area contributed by atoms with Crippen molar-refractivity contribution in [1.82, 2.24) is 24.9 Å². The fourth-order valence-corrected chi connectivity index (χ4v) is 3.28. The van der Waals surface area contributed by atoms with Crippen LogP contribution in [0.25, 0.3) is 0 Å². The van der Waals surface area contributed by atoms with Crippen molar-refractivity contribution in [1.29, 1.82) is 0 Å². The Morgan fingerprint density at radius 3 is 2.48 bits per heavy atom. The summed E-state index contributed by atoms with van der Waals surface area (Å²) < 4.78 is 10.4. The second kappa shape index (κ2) is 8.55. The average molecular weight is 349 g/mol. The van der Waals surface area contributed by atoms with E-state index in [9.17, 15) is 4.79 Å². The first kappa shape index (κ1) is 18.0. The maximum absolute atomic E-state index is 12.6. The molecule has 3 rings (SSSR count). The number of rotatable bonds is 5. The minimum atomic E-state index is -0.0685. The summed E-state index contributed by atoms with van der Waals surface area (Å²) in [6.07, 6.45) is 0. The zero-order valence-electron chi connectivity index (χ0n) is 15.1. The van der Waals surface area contributed by atoms with E-state index in [-0.39, 0.29) is 11.9 Å². The molecule has 2 aliphatic heterocycles. The lowest BCUT2D eigenvalue weighted by molar-refractivity contribution is -0.141. The van der Waals surface area contributed by atoms with Crippen LogP contribution in [0.2, 0.25) is 0 Å². The summed E-state index contributed by atoms with van der Waals surface area (Å²) in [7, 11) is 1.59. The van der Waals surface area contributed by atoms with Gasteiger partial charge < -0.3 is 14.4 Å². The molecule has 1 amide bonds. The molecule has 1 atom stereocenters. The predicted molar refractivity (Wildman–Crippen MR) is 92.3 cm³/mol. The molecule has 0 bridgehead atoms. The van der Waals surface area contributed by atoms with Crippen molar-refractivity contribution >= 4 is 5.91 Å². The summed E-state index contributed by atoms with van der Waals surface area (Å²) >= 11 is 0. The van der Waals surface area contributed by atoms with Gasteiger partial charge in [0.2, 0.25) is 11.8 Å². The molecule has 2 aliphatic rings. The number of ether oxygens (including phenoxy) is 2. The summed E-state index contributed by atoms with van der Waals surface area (Å²) in [5, 5.41) is 8.20. The van der Waals surface area contributed by atoms with E-state index in [1.165, 1.54) is 0 Å². The second-order valence-corrected chi connectivity index (χ2v) is 6.49. The molecule has 8 nitrogen and oxygen atoms in total. The number of hydrogen-bond acceptors (Lipinski definition) is 7. The summed E-state index contributed by atoms with van der Waals surface area (Å²) in [5.74, 6) is 0.752. The largest absolute Gasteiger partial charge is 0.480 e. The van der Waals surface area contributed by atoms with Gasteiger partial charge in [-0.15, -0.1) is 5.10 Å². The van der Waals surface area contributed by atoms with Crippen molar-refractivity contribution < 1.29 is 14.3 Å². The fourth-order valence-electron chi connectivity index (χ4n) is 3.28. The average Bonchev–Trinajstić information content (AvgIpc) is 2.69. The zero-order valence-corrected chi connectivity index (χ0v) is 15.1. The molecule has 25 heavy (non-hydrogen) atoms. The van der Waals surface area contributed by atoms with Gasteiger partial charge in [0, 0.05) is 51.9 Å². The fraction of sp³-hybridized carbons (Fsp3) is 0.706. The Morgan fingerprint density at radius 2 is 1.88 bits per heavy atom. The Kier molecular flexibility index (Phi) is 6.17. The van der Waals surface area contributed by atoms with Crippen LogP contribution in [-0.4, -0.2) is 96.4 Å². The van der Waals surface area contributed by atoms with Gasteiger partial charge in [0.25, 0.3) is 0 Å². The van der Waals surface area contributed by atoms with Gasteiger partial charge >= 0.3 is 0 Å². The minimum absolute atomic E-state index is 0.0685. The Hall–Kier alpha value is -1.77. The van der Waals surface area contributed by atoms with Gasteiger partial charge in [0.15, 0.2) is 0 Å². The Morgan fingerprint density at radius 1 is 1.16 bits per heavy atom. The predicted octanol–water partition coefficient (Wildman–Crippen LogP) is -0.150. The first-order chi connectivity index (χ1) is 12.2. The van der Waals surface area contributed by atoms with Gasteiger partial charge in [-0.25, -0.2) is 0 Å². The smallest absolute Gasteiger partial charge is 0.239 e. The van der Waals surface area contributed by atoms with Crippen LogP contribution in [-0.2, 0) is 16.1 Å². The first-order valence-electron chi connectivity index (χ1n) is 8.87. The monoisotopic (exact) mass is 349 g/mol. The lowest BCUT2D eigenvalue weighted by Gasteiger charge is -2.39. The molecule has 1 aromatic rings. The highest BCUT2D eigenvalue weighted by atomic mass is 16.5. The van der Waals surface area contributed by atoms with E-state index in [1.54, 1.807) is 7.11 Å². The Labute approximate surface area is 148 Å². The molecule has 0 spiro atoms. The molecule has 2 fully saturated rings. The number of morpholine rings is 1. The third kappa shape index (κ3) is 4.65. The van der Waals surface area contributed by atoms with E-state index < -0.39 is 0 Å². The van der Waals surface area contributed by atoms with Gasteiger partial charge in [0.05, 0.1) is 32.1 Å². The molecule has 1 aromatic heterocycles. The number of carbonyl (C=O) groups excluding carboxylic acids is 1. The van der Waals surface area contributed by atoms with Crippen molar-refractivity contribution in [3.63, 3.8) is 0 Å². The van der Waals surface area contributed by atoms with Crippen LogP contribution in [0.15, 0.2) is 12.1 Å². The van der Waals surface area contributed by atoms with Gasteiger partial charge in [-0.05, 0) is 13.0 Å². The molecule has 0 aromatic carbocycles. The third-order valence-corrected chi connectivity index (χ3v) is 4.92. The number of nitrogens with zero attached hydrogens (tertiary/aromatic N) is 5. The van der Waals surface area contributed by atoms with Crippen LogP contribution in [0.4, 0.5) is 0 Å². The summed E-state index contributed by atoms with van der Waals surface area (Å²) in [5.41, 5.74) is 0.937. The molecule has 3 heterocycles. The lowest BCUT2D eigenvalue weighted by Crippen LogP contribution is -2.55. The number of aromatic nitrogens is 2. The Balaban J connectivity index is 1.46. The van der Waals surface area contributed by atoms with Crippen molar-refractivity contribution in [2.75, 3.05) is 59.6 Å². The zero-order chi connectivity index (χ0) is 17.6. The highest BCUT2D eigenvalue weighted by Gasteiger charge is 2.29. The lowest BCUT2D eigenvalue weighted by atomic mass is 10.2. The van der Waals surface area contributed by atoms with Crippen molar-refractivity contribution in [3.8, 4) is 5.88 Å². The molecule has 0 N–H and O–H groups in total. The van der Waals surface area contributed by atoms with Gasteiger partial charge in [-0.1, -0.05) is 0 Å². The Bertz CT molecular complexity index is 554. The molecular weight excluding hydrogens is 322 g/mol. The highest BCUT2D eigenvalue weighted by Crippen LogP contribution is 2.13. The van der Waals surface area contributed by atoms with Crippen LogP contribution in [0.5, 0.6) is 5.88 Å². The third-order valence-electron chi connectivity index (χ3n) is 4.92. The summed E-state index contributed by atoms with van der Waals surface area (Å²) in [6, 6.07) is 3.71. The van der Waals surface area contributed by atoms with Crippen LogP contribution in [0.1, 0.15) is 12.6 Å². The number of piperazine rings is 1. The molecule has 0 aliphatic carbocycles. The molecular formula is C17H27N5O3. The summed E-state index contributed by atoms with van der Waals surface area (Å²) in [6.45, 7) is 9.13. The second-order valence-electron chi connectivity index (χ2n) is 6.49. The van der Waals surface area contributed by atoms with E-state index in [2.05, 4.69) is 20.0 Å². The van der Waals surface area contributed by atoms with E-state index in [4.69, 9.17) is 9.47 Å². The molecule has 2 saturated heterocycles. The van der Waals surface area contributed by atoms with Gasteiger partial charge in [0.1, 0.15) is 0 Å². The standard InChI is InChI=1S/C17H27N5O3/c1-14(17(23)22-9-11-25-12-10-22)21-7-5-20(6-8-21)13-15-3-4-16(24-2)19-18-15/h3-4,14H,5-13H2,1-2H3. The molecule has 8 heteroatoms. The number of hydrogen-bond donors (Lipinski definition) is 0. The quantitative estimate of drug-likeness (QED) is 0.732. The molecule has 0 saturated carbocycles. The van der Waals surface area contributed by atoms with Crippen molar-refractivity contribution in [3.05, 3.63) is 17.8 Å². The van der Waals surface area contributed by atoms with E-state index in [0.29, 0.717) is 32.2 Å². The van der Waals surface area contributed by atoms with E-state index >= 15 is 0 Å². The van der Waals surface area contributed by atoms with Crippen LogP contribution < -0.4 is 4.74 Å². The maximum Gasteiger partial charge on any atom is 0.239 e. The maximum atomic E-state index is 12.6. The highest BCUT2D eigenvalue weighted by molar-refractivity contribution is 5.81. The number of carbonyl (C=O) groups is 1. The number of methoxy groups -OCH3 is 1. The first-order valence-corrected chi connectivity index (χ1v) is 8.87. The van der Waals surface area contributed by atoms with Crippen LogP contribution >= 0.6 is 0 Å². The van der Waals surface area contributed by atoms with Crippen molar-refractivity contribution in [2.45, 2.75) is 19.5 Å². The normalized spacial score (nSPS) is 21.1. The molecule has 138 valence electrons. The van der Waals surface area contributed by atoms with E-state index in [1.807, 2.05) is 24.0 Å². The van der Waals surface area contributed by atoms with Crippen LogP contribution in [0.3, 0.4) is 0 Å². The van der Waals surface area contributed by atoms with Gasteiger partial charge in [-0.3, -0.25) is 14.6 Å². The van der Waals surface area contributed by atoms with Crippen molar-refractivity contribution in [2.24, 2.45) is 0 Å². The molecule has 0 radical (unpaired) electrons. The number of amides is 1. The molecule has 1 unspecified atom stereocenters. The van der Waals surface area contributed by atoms with Crippen LogP contribution in [0, 0.1) is 0 Å². The van der Waals surface area contributed by atoms with E-state index in [0.717, 1.165) is 38.4 Å². The minimum Gasteiger partial charge on any atom is -0.480 e.